The van der Waals surface area contributed by atoms with Gasteiger partial charge in [-0.1, -0.05) is 122 Å². The highest BCUT2D eigenvalue weighted by Crippen LogP contribution is 2.26. The topological polar surface area (TPSA) is 54.4 Å². The van der Waals surface area contributed by atoms with Crippen LogP contribution >= 0.6 is 0 Å². The van der Waals surface area contributed by atoms with Crippen molar-refractivity contribution in [1.82, 2.24) is 0 Å². The van der Waals surface area contributed by atoms with E-state index in [0.717, 1.165) is 23.6 Å². The summed E-state index contributed by atoms with van der Waals surface area (Å²) in [6.07, 6.45) is 23.1. The molecular formula is C30H48O3S. The van der Waals surface area contributed by atoms with E-state index in [1.165, 1.54) is 120 Å². The normalized spacial score (nSPS) is 12.0. The molecule has 1 N–H and O–H groups in total. The second-order valence-corrected chi connectivity index (χ2v) is 11.5. The lowest BCUT2D eigenvalue weighted by molar-refractivity contribution is 0.483. The van der Waals surface area contributed by atoms with E-state index in [4.69, 9.17) is 0 Å². The average molecular weight is 489 g/mol. The third kappa shape index (κ3) is 10.9. The molecule has 0 fully saturated rings. The van der Waals surface area contributed by atoms with E-state index in [1.807, 2.05) is 6.07 Å². The van der Waals surface area contributed by atoms with Crippen molar-refractivity contribution < 1.29 is 13.0 Å². The van der Waals surface area contributed by atoms with Gasteiger partial charge in [-0.2, -0.15) is 8.42 Å². The van der Waals surface area contributed by atoms with Crippen molar-refractivity contribution in [3.8, 4) is 0 Å². The molecule has 2 aromatic rings. The van der Waals surface area contributed by atoms with Crippen LogP contribution in [0.2, 0.25) is 0 Å². The summed E-state index contributed by atoms with van der Waals surface area (Å²) in [5, 5.41) is 1.96. The fourth-order valence-electron chi connectivity index (χ4n) is 4.89. The molecule has 2 rings (SSSR count). The van der Waals surface area contributed by atoms with E-state index in [0.29, 0.717) is 0 Å². The molecular weight excluding hydrogens is 440 g/mol. The molecule has 0 aliphatic carbocycles. The zero-order chi connectivity index (χ0) is 24.7. The third-order valence-corrected chi connectivity index (χ3v) is 7.88. The number of hydrogen-bond donors (Lipinski definition) is 1. The van der Waals surface area contributed by atoms with Gasteiger partial charge in [0.2, 0.25) is 0 Å². The van der Waals surface area contributed by atoms with Crippen molar-refractivity contribution in [1.29, 1.82) is 0 Å². The maximum Gasteiger partial charge on any atom is 0.294 e. The van der Waals surface area contributed by atoms with Crippen molar-refractivity contribution in [3.63, 3.8) is 0 Å². The molecule has 2 aromatic carbocycles. The number of aryl methyl sites for hydroxylation is 2. The fraction of sp³-hybridized carbons (Fsp3) is 0.667. The van der Waals surface area contributed by atoms with Gasteiger partial charge in [-0.15, -0.1) is 0 Å². The first kappa shape index (κ1) is 28.8. The van der Waals surface area contributed by atoms with Gasteiger partial charge in [0.15, 0.2) is 0 Å². The van der Waals surface area contributed by atoms with Crippen molar-refractivity contribution in [2.75, 3.05) is 0 Å². The Balaban J connectivity index is 1.97. The van der Waals surface area contributed by atoms with Crippen molar-refractivity contribution in [2.45, 2.75) is 134 Å². The molecule has 4 heteroatoms. The number of fused-ring (bicyclic) bond motifs is 1. The Morgan fingerprint density at radius 2 is 0.971 bits per heavy atom. The van der Waals surface area contributed by atoms with Crippen LogP contribution in [0, 0.1) is 0 Å². The zero-order valence-electron chi connectivity index (χ0n) is 21.8. The summed E-state index contributed by atoms with van der Waals surface area (Å²) in [5.74, 6) is 0. The number of unbranched alkanes of at least 4 members (excludes halogenated alkanes) is 14. The lowest BCUT2D eigenvalue weighted by atomic mass is 9.93. The molecule has 0 saturated heterocycles. The van der Waals surface area contributed by atoms with E-state index in [2.05, 4.69) is 26.0 Å². The van der Waals surface area contributed by atoms with E-state index < -0.39 is 10.1 Å². The number of benzene rings is 2. The molecule has 192 valence electrons. The largest absolute Gasteiger partial charge is 0.294 e. The van der Waals surface area contributed by atoms with Gasteiger partial charge in [0.1, 0.15) is 0 Å². The van der Waals surface area contributed by atoms with E-state index in [-0.39, 0.29) is 4.90 Å². The third-order valence-electron chi connectivity index (χ3n) is 7.03. The molecule has 0 bridgehead atoms. The second-order valence-electron chi connectivity index (χ2n) is 10.1. The summed E-state index contributed by atoms with van der Waals surface area (Å²) in [7, 11) is -4.18. The summed E-state index contributed by atoms with van der Waals surface area (Å²) >= 11 is 0. The maximum atomic E-state index is 11.6. The zero-order valence-corrected chi connectivity index (χ0v) is 22.6. The van der Waals surface area contributed by atoms with Gasteiger partial charge in [0, 0.05) is 0 Å². The quantitative estimate of drug-likeness (QED) is 0.158. The molecule has 0 amide bonds. The van der Waals surface area contributed by atoms with Gasteiger partial charge < -0.3 is 0 Å². The van der Waals surface area contributed by atoms with E-state index in [1.54, 1.807) is 6.07 Å². The maximum absolute atomic E-state index is 11.6. The van der Waals surface area contributed by atoms with Crippen molar-refractivity contribution >= 4 is 20.9 Å². The SMILES string of the molecule is CCCCCCCCCCc1cc2ccc(S(=O)(=O)O)cc2cc1CCCCCCCCCC. The van der Waals surface area contributed by atoms with Gasteiger partial charge in [-0.25, -0.2) is 0 Å². The van der Waals surface area contributed by atoms with Crippen LogP contribution in [0.25, 0.3) is 10.8 Å². The summed E-state index contributed by atoms with van der Waals surface area (Å²) in [6.45, 7) is 4.52. The minimum atomic E-state index is -4.18. The molecule has 0 saturated carbocycles. The lowest BCUT2D eigenvalue weighted by Gasteiger charge is -2.13. The first-order valence-electron chi connectivity index (χ1n) is 14.0. The summed E-state index contributed by atoms with van der Waals surface area (Å²) < 4.78 is 32.7. The smallest absolute Gasteiger partial charge is 0.282 e. The Hall–Kier alpha value is -1.39. The molecule has 34 heavy (non-hydrogen) atoms. The van der Waals surface area contributed by atoms with E-state index >= 15 is 0 Å². The fourth-order valence-corrected chi connectivity index (χ4v) is 5.41. The van der Waals surface area contributed by atoms with Crippen LogP contribution in [0.1, 0.15) is 128 Å². The molecule has 0 spiro atoms. The highest BCUT2D eigenvalue weighted by atomic mass is 32.2. The average Bonchev–Trinajstić information content (AvgIpc) is 2.81. The van der Waals surface area contributed by atoms with Crippen molar-refractivity contribution in [2.24, 2.45) is 0 Å². The first-order valence-corrected chi connectivity index (χ1v) is 15.4. The Morgan fingerprint density at radius 3 is 1.41 bits per heavy atom. The summed E-state index contributed by atoms with van der Waals surface area (Å²) in [6, 6.07) is 9.38. The van der Waals surface area contributed by atoms with Gasteiger partial charge in [0.25, 0.3) is 10.1 Å². The number of rotatable bonds is 19. The Labute approximate surface area is 209 Å². The van der Waals surface area contributed by atoms with Gasteiger partial charge in [-0.3, -0.25) is 4.55 Å². The molecule has 0 aliphatic rings. The molecule has 0 heterocycles. The second kappa shape index (κ2) is 16.3. The Bertz CT molecular complexity index is 933. The van der Waals surface area contributed by atoms with Crippen LogP contribution in [0.3, 0.4) is 0 Å². The van der Waals surface area contributed by atoms with Gasteiger partial charge in [-0.05, 0) is 59.7 Å². The van der Waals surface area contributed by atoms with Crippen LogP contribution in [-0.4, -0.2) is 13.0 Å². The molecule has 3 nitrogen and oxygen atoms in total. The Morgan fingerprint density at radius 1 is 0.559 bits per heavy atom. The monoisotopic (exact) mass is 488 g/mol. The standard InChI is InChI=1S/C30H48O3S/c1-3-5-7-9-11-13-15-17-19-26-23-28-21-22-30(34(31,32)33)25-29(28)24-27(26)20-18-16-14-12-10-8-6-4-2/h21-25H,3-20H2,1-2H3,(H,31,32,33). The van der Waals surface area contributed by atoms with Crippen LogP contribution in [-0.2, 0) is 23.0 Å². The number of hydrogen-bond acceptors (Lipinski definition) is 2. The Kier molecular flexibility index (Phi) is 13.8. The highest BCUT2D eigenvalue weighted by molar-refractivity contribution is 7.85. The summed E-state index contributed by atoms with van der Waals surface area (Å²) in [4.78, 5) is -0.0196. The van der Waals surface area contributed by atoms with Crippen LogP contribution in [0.15, 0.2) is 35.2 Å². The minimum Gasteiger partial charge on any atom is -0.282 e. The van der Waals surface area contributed by atoms with Crippen LogP contribution in [0.4, 0.5) is 0 Å². The van der Waals surface area contributed by atoms with E-state index in [9.17, 15) is 13.0 Å². The predicted molar refractivity (Wildman–Crippen MR) is 146 cm³/mol. The highest BCUT2D eigenvalue weighted by Gasteiger charge is 2.12. The minimum absolute atomic E-state index is 0.0196. The van der Waals surface area contributed by atoms with Crippen LogP contribution in [0.5, 0.6) is 0 Å². The molecule has 0 radical (unpaired) electrons. The predicted octanol–water partition coefficient (Wildman–Crippen LogP) is 9.45. The van der Waals surface area contributed by atoms with Crippen LogP contribution < -0.4 is 0 Å². The van der Waals surface area contributed by atoms with Crippen molar-refractivity contribution in [3.05, 3.63) is 41.5 Å². The lowest BCUT2D eigenvalue weighted by Crippen LogP contribution is -1.99. The summed E-state index contributed by atoms with van der Waals surface area (Å²) in [5.41, 5.74) is 2.77. The molecule has 0 aliphatic heterocycles. The molecule has 0 aromatic heterocycles. The molecule has 0 unspecified atom stereocenters. The molecule has 0 atom stereocenters. The van der Waals surface area contributed by atoms with Gasteiger partial charge >= 0.3 is 0 Å². The van der Waals surface area contributed by atoms with Gasteiger partial charge in [0.05, 0.1) is 4.90 Å². The first-order chi connectivity index (χ1) is 16.5.